The maximum atomic E-state index is 15.6. The molecule has 5 aromatic carbocycles. The zero-order valence-corrected chi connectivity index (χ0v) is 22.8. The third-order valence-electron chi connectivity index (χ3n) is 8.35. The molecule has 2 aliphatic rings. The van der Waals surface area contributed by atoms with Gasteiger partial charge in [-0.15, -0.1) is 0 Å². The number of ether oxygens (including phenoxy) is 1. The van der Waals surface area contributed by atoms with Crippen LogP contribution in [0.15, 0.2) is 97.1 Å². The maximum Gasteiger partial charge on any atom is 0.494 e. The molecular formula is C32H28BO4P. The molecule has 1 fully saturated rings. The topological polar surface area (TPSA) is 44.8 Å². The van der Waals surface area contributed by atoms with Gasteiger partial charge in [0.2, 0.25) is 0 Å². The van der Waals surface area contributed by atoms with Gasteiger partial charge in [0, 0.05) is 10.7 Å². The molecule has 0 radical (unpaired) electrons. The van der Waals surface area contributed by atoms with Crippen molar-refractivity contribution >= 4 is 57.2 Å². The van der Waals surface area contributed by atoms with Crippen molar-refractivity contribution in [1.82, 2.24) is 0 Å². The fraction of sp³-hybridized carbons (Fsp3) is 0.188. The first-order valence-corrected chi connectivity index (χ1v) is 14.7. The van der Waals surface area contributed by atoms with E-state index in [0.29, 0.717) is 16.8 Å². The average molecular weight is 518 g/mol. The van der Waals surface area contributed by atoms with E-state index in [2.05, 4.69) is 24.3 Å². The Morgan fingerprint density at radius 3 is 1.87 bits per heavy atom. The van der Waals surface area contributed by atoms with Crippen LogP contribution in [0.3, 0.4) is 0 Å². The van der Waals surface area contributed by atoms with Crippen molar-refractivity contribution in [2.24, 2.45) is 0 Å². The Labute approximate surface area is 223 Å². The fourth-order valence-electron chi connectivity index (χ4n) is 5.64. The Kier molecular flexibility index (Phi) is 5.04. The van der Waals surface area contributed by atoms with Crippen LogP contribution in [-0.2, 0) is 13.9 Å². The van der Waals surface area contributed by atoms with Crippen LogP contribution in [-0.4, -0.2) is 18.3 Å². The first-order valence-electron chi connectivity index (χ1n) is 13.0. The molecule has 4 nitrogen and oxygen atoms in total. The van der Waals surface area contributed by atoms with Gasteiger partial charge >= 0.3 is 7.12 Å². The minimum atomic E-state index is -3.30. The Morgan fingerprint density at radius 1 is 0.658 bits per heavy atom. The van der Waals surface area contributed by atoms with Crippen LogP contribution in [0, 0.1) is 0 Å². The van der Waals surface area contributed by atoms with E-state index in [4.69, 9.17) is 14.0 Å². The van der Waals surface area contributed by atoms with Gasteiger partial charge in [-0.1, -0.05) is 84.9 Å². The van der Waals surface area contributed by atoms with E-state index in [1.54, 1.807) is 0 Å². The van der Waals surface area contributed by atoms with E-state index < -0.39 is 25.5 Å². The Balaban J connectivity index is 1.52. The van der Waals surface area contributed by atoms with E-state index in [-0.39, 0.29) is 0 Å². The van der Waals surface area contributed by atoms with Gasteiger partial charge in [-0.25, -0.2) is 0 Å². The monoisotopic (exact) mass is 518 g/mol. The molecule has 1 saturated heterocycles. The van der Waals surface area contributed by atoms with Crippen LogP contribution in [0.4, 0.5) is 0 Å². The second kappa shape index (κ2) is 8.07. The van der Waals surface area contributed by atoms with Gasteiger partial charge in [0.15, 0.2) is 7.14 Å². The quantitative estimate of drug-likeness (QED) is 0.159. The summed E-state index contributed by atoms with van der Waals surface area (Å²) in [7, 11) is -3.85. The summed E-state index contributed by atoms with van der Waals surface area (Å²) < 4.78 is 35.0. The predicted octanol–water partition coefficient (Wildman–Crippen LogP) is 6.04. The number of fused-ring (bicyclic) bond motifs is 7. The molecule has 188 valence electrons. The van der Waals surface area contributed by atoms with Crippen LogP contribution in [0.25, 0.3) is 21.5 Å². The average Bonchev–Trinajstić information content (AvgIpc) is 3.15. The van der Waals surface area contributed by atoms with Crippen LogP contribution >= 0.6 is 7.14 Å². The predicted molar refractivity (Wildman–Crippen MR) is 157 cm³/mol. The minimum absolute atomic E-state index is 0.463. The van der Waals surface area contributed by atoms with E-state index in [0.717, 1.165) is 37.6 Å². The van der Waals surface area contributed by atoms with Crippen molar-refractivity contribution in [2.75, 3.05) is 0 Å². The summed E-state index contributed by atoms with van der Waals surface area (Å²) >= 11 is 0. The largest absolute Gasteiger partial charge is 0.494 e. The maximum absolute atomic E-state index is 15.6. The van der Waals surface area contributed by atoms with Gasteiger partial charge < -0.3 is 18.6 Å². The minimum Gasteiger partial charge on any atom is -0.455 e. The van der Waals surface area contributed by atoms with Crippen LogP contribution in [0.5, 0.6) is 11.5 Å². The van der Waals surface area contributed by atoms with Crippen molar-refractivity contribution in [1.29, 1.82) is 0 Å². The molecule has 6 heteroatoms. The normalized spacial score (nSPS) is 21.2. The van der Waals surface area contributed by atoms with Gasteiger partial charge in [0.1, 0.15) is 11.5 Å². The molecule has 2 heterocycles. The highest BCUT2D eigenvalue weighted by molar-refractivity contribution is 7.86. The van der Waals surface area contributed by atoms with Gasteiger partial charge in [-0.05, 0) is 61.4 Å². The van der Waals surface area contributed by atoms with E-state index >= 15 is 4.57 Å². The van der Waals surface area contributed by atoms with Crippen molar-refractivity contribution < 1.29 is 18.6 Å². The molecule has 1 atom stereocenters. The molecule has 0 spiro atoms. The molecule has 2 aliphatic heterocycles. The van der Waals surface area contributed by atoms with Gasteiger partial charge in [-0.3, -0.25) is 0 Å². The number of hydrogen-bond acceptors (Lipinski definition) is 4. The zero-order valence-electron chi connectivity index (χ0n) is 21.9. The Morgan fingerprint density at radius 2 is 1.21 bits per heavy atom. The highest BCUT2D eigenvalue weighted by Crippen LogP contribution is 2.55. The third kappa shape index (κ3) is 3.22. The lowest BCUT2D eigenvalue weighted by atomic mass is 9.79. The van der Waals surface area contributed by atoms with Crippen LogP contribution in [0.2, 0.25) is 0 Å². The summed E-state index contributed by atoms with van der Waals surface area (Å²) in [6.45, 7) is 8.16. The standard InChI is InChI=1S/C32H28BO4P/c1-31(2)32(3,4)37-33(36-31)21-18-19-28-27(20-21)35-29-25-16-10-8-14-23(25)24-15-9-11-17-26(24)30(29)38(28,34)22-12-6-5-7-13-22/h5-20H,1-4H3. The highest BCUT2D eigenvalue weighted by atomic mass is 31.2. The summed E-state index contributed by atoms with van der Waals surface area (Å²) in [4.78, 5) is 0. The summed E-state index contributed by atoms with van der Waals surface area (Å²) in [5.74, 6) is 1.24. The molecule has 1 unspecified atom stereocenters. The molecule has 0 aromatic heterocycles. The number of hydrogen-bond donors (Lipinski definition) is 0. The first kappa shape index (κ1) is 23.7. The van der Waals surface area contributed by atoms with Crippen molar-refractivity contribution in [3.8, 4) is 11.5 Å². The summed E-state index contributed by atoms with van der Waals surface area (Å²) in [6, 6.07) is 32.0. The summed E-state index contributed by atoms with van der Waals surface area (Å²) in [6.07, 6.45) is 0. The molecule has 0 amide bonds. The highest BCUT2D eigenvalue weighted by Gasteiger charge is 2.52. The summed E-state index contributed by atoms with van der Waals surface area (Å²) in [5, 5.41) is 6.28. The zero-order chi connectivity index (χ0) is 26.3. The SMILES string of the molecule is CC1(C)OB(c2ccc3c(c2)Oc2c(c4ccccc4c4ccccc24)P3(=O)c2ccccc2)OC1(C)C. The van der Waals surface area contributed by atoms with Gasteiger partial charge in [-0.2, -0.15) is 0 Å². The number of benzene rings is 5. The lowest BCUT2D eigenvalue weighted by Crippen LogP contribution is -2.41. The molecule has 5 aromatic rings. The number of rotatable bonds is 2. The Bertz CT molecular complexity index is 1780. The second-order valence-corrected chi connectivity index (χ2v) is 13.8. The van der Waals surface area contributed by atoms with Gasteiger partial charge in [0.05, 0.1) is 21.8 Å². The van der Waals surface area contributed by atoms with Crippen LogP contribution in [0.1, 0.15) is 27.7 Å². The molecule has 7 rings (SSSR count). The molecule has 0 aliphatic carbocycles. The molecule has 38 heavy (non-hydrogen) atoms. The first-order chi connectivity index (χ1) is 18.2. The van der Waals surface area contributed by atoms with E-state index in [1.165, 1.54) is 0 Å². The Hall–Kier alpha value is -3.37. The van der Waals surface area contributed by atoms with E-state index in [9.17, 15) is 0 Å². The van der Waals surface area contributed by atoms with Gasteiger partial charge in [0.25, 0.3) is 0 Å². The molecular weight excluding hydrogens is 490 g/mol. The molecule has 0 saturated carbocycles. The van der Waals surface area contributed by atoms with Crippen molar-refractivity contribution in [3.05, 3.63) is 97.1 Å². The lowest BCUT2D eigenvalue weighted by molar-refractivity contribution is 0.00578. The molecule has 0 N–H and O–H groups in total. The van der Waals surface area contributed by atoms with Crippen molar-refractivity contribution in [2.45, 2.75) is 38.9 Å². The molecule has 0 bridgehead atoms. The van der Waals surface area contributed by atoms with Crippen molar-refractivity contribution in [3.63, 3.8) is 0 Å². The third-order valence-corrected chi connectivity index (χ3v) is 11.5. The lowest BCUT2D eigenvalue weighted by Gasteiger charge is -2.32. The van der Waals surface area contributed by atoms with E-state index in [1.807, 2.05) is 100 Å². The summed E-state index contributed by atoms with van der Waals surface area (Å²) in [5.41, 5.74) is -0.0825. The second-order valence-electron chi connectivity index (χ2n) is 11.1. The smallest absolute Gasteiger partial charge is 0.455 e. The fourth-order valence-corrected chi connectivity index (χ4v) is 8.70. The van der Waals surface area contributed by atoms with Crippen LogP contribution < -0.4 is 26.1 Å².